The van der Waals surface area contributed by atoms with E-state index in [0.717, 1.165) is 16.5 Å². The van der Waals surface area contributed by atoms with Gasteiger partial charge in [-0.15, -0.1) is 0 Å². The van der Waals surface area contributed by atoms with Gasteiger partial charge in [-0.2, -0.15) is 0 Å². The molecule has 0 amide bonds. The number of carbonyl (C=O) groups is 1. The van der Waals surface area contributed by atoms with Gasteiger partial charge in [-0.3, -0.25) is 9.78 Å². The van der Waals surface area contributed by atoms with Crippen LogP contribution in [0.15, 0.2) is 47.1 Å². The first kappa shape index (κ1) is 11.8. The van der Waals surface area contributed by atoms with Crippen LogP contribution in [0, 0.1) is 0 Å². The van der Waals surface area contributed by atoms with Gasteiger partial charge in [0.1, 0.15) is 12.4 Å². The summed E-state index contributed by atoms with van der Waals surface area (Å²) in [5, 5.41) is 0. The van der Waals surface area contributed by atoms with Gasteiger partial charge in [-0.05, 0) is 30.3 Å². The standard InChI is InChI=1S/C13H10BrNO2/c14-11-4-5-13(10(7-11)8-16)17-9-12-3-1-2-6-15-12/h1-8H,9H2. The van der Waals surface area contributed by atoms with Crippen LogP contribution in [0.25, 0.3) is 0 Å². The van der Waals surface area contributed by atoms with Crippen LogP contribution in [-0.4, -0.2) is 11.3 Å². The van der Waals surface area contributed by atoms with E-state index in [4.69, 9.17) is 4.74 Å². The molecule has 0 unspecified atom stereocenters. The molecule has 0 fully saturated rings. The van der Waals surface area contributed by atoms with Gasteiger partial charge in [0.2, 0.25) is 0 Å². The molecular formula is C13H10BrNO2. The molecule has 3 nitrogen and oxygen atoms in total. The normalized spacial score (nSPS) is 9.94. The van der Waals surface area contributed by atoms with Crippen molar-refractivity contribution in [3.8, 4) is 5.75 Å². The molecule has 1 heterocycles. The van der Waals surface area contributed by atoms with Crippen LogP contribution in [0.2, 0.25) is 0 Å². The number of ether oxygens (including phenoxy) is 1. The first-order valence-corrected chi connectivity index (χ1v) is 5.86. The van der Waals surface area contributed by atoms with Crippen LogP contribution >= 0.6 is 15.9 Å². The van der Waals surface area contributed by atoms with E-state index in [2.05, 4.69) is 20.9 Å². The molecule has 0 aliphatic rings. The summed E-state index contributed by atoms with van der Waals surface area (Å²) in [6.07, 6.45) is 2.49. The van der Waals surface area contributed by atoms with Crippen molar-refractivity contribution in [3.63, 3.8) is 0 Å². The molecule has 2 rings (SSSR count). The monoisotopic (exact) mass is 291 g/mol. The van der Waals surface area contributed by atoms with Gasteiger partial charge in [0.15, 0.2) is 6.29 Å². The van der Waals surface area contributed by atoms with Gasteiger partial charge in [0.05, 0.1) is 11.3 Å². The van der Waals surface area contributed by atoms with Crippen LogP contribution in [0.5, 0.6) is 5.75 Å². The molecule has 0 spiro atoms. The highest BCUT2D eigenvalue weighted by Gasteiger charge is 2.04. The number of rotatable bonds is 4. The first-order chi connectivity index (χ1) is 8.29. The minimum absolute atomic E-state index is 0.351. The number of benzene rings is 1. The number of nitrogens with zero attached hydrogens (tertiary/aromatic N) is 1. The fraction of sp³-hybridized carbons (Fsp3) is 0.0769. The molecule has 0 N–H and O–H groups in total. The van der Waals surface area contributed by atoms with E-state index in [-0.39, 0.29) is 0 Å². The number of aromatic nitrogens is 1. The highest BCUT2D eigenvalue weighted by atomic mass is 79.9. The van der Waals surface area contributed by atoms with E-state index < -0.39 is 0 Å². The SMILES string of the molecule is O=Cc1cc(Br)ccc1OCc1ccccn1. The van der Waals surface area contributed by atoms with E-state index >= 15 is 0 Å². The van der Waals surface area contributed by atoms with E-state index in [9.17, 15) is 4.79 Å². The Hall–Kier alpha value is -1.68. The Balaban J connectivity index is 2.11. The van der Waals surface area contributed by atoms with Crippen LogP contribution in [-0.2, 0) is 6.61 Å². The Morgan fingerprint density at radius 1 is 1.29 bits per heavy atom. The van der Waals surface area contributed by atoms with E-state index in [1.807, 2.05) is 24.3 Å². The predicted molar refractivity (Wildman–Crippen MR) is 68.1 cm³/mol. The van der Waals surface area contributed by atoms with Gasteiger partial charge >= 0.3 is 0 Å². The maximum absolute atomic E-state index is 10.9. The fourth-order valence-electron chi connectivity index (χ4n) is 1.38. The molecule has 0 radical (unpaired) electrons. The lowest BCUT2D eigenvalue weighted by atomic mass is 10.2. The molecule has 0 aliphatic carbocycles. The summed E-state index contributed by atoms with van der Waals surface area (Å²) in [7, 11) is 0. The zero-order chi connectivity index (χ0) is 12.1. The predicted octanol–water partition coefficient (Wildman–Crippen LogP) is 3.24. The molecule has 0 aliphatic heterocycles. The fourth-order valence-corrected chi connectivity index (χ4v) is 1.76. The maximum Gasteiger partial charge on any atom is 0.153 e. The van der Waals surface area contributed by atoms with E-state index in [1.165, 1.54) is 0 Å². The van der Waals surface area contributed by atoms with Crippen molar-refractivity contribution in [1.82, 2.24) is 4.98 Å². The average Bonchev–Trinajstić information content (AvgIpc) is 2.38. The molecule has 1 aromatic carbocycles. The van der Waals surface area contributed by atoms with Crippen molar-refractivity contribution in [2.45, 2.75) is 6.61 Å². The van der Waals surface area contributed by atoms with Crippen molar-refractivity contribution in [3.05, 3.63) is 58.3 Å². The number of aldehydes is 1. The Kier molecular flexibility index (Phi) is 3.88. The van der Waals surface area contributed by atoms with Crippen LogP contribution in [0.4, 0.5) is 0 Å². The largest absolute Gasteiger partial charge is 0.487 e. The zero-order valence-electron chi connectivity index (χ0n) is 8.97. The second-order valence-electron chi connectivity index (χ2n) is 3.41. The van der Waals surface area contributed by atoms with Crippen molar-refractivity contribution in [2.24, 2.45) is 0 Å². The molecule has 1 aromatic heterocycles. The van der Waals surface area contributed by atoms with Crippen LogP contribution in [0.1, 0.15) is 16.1 Å². The van der Waals surface area contributed by atoms with E-state index in [0.29, 0.717) is 17.9 Å². The van der Waals surface area contributed by atoms with Crippen molar-refractivity contribution in [2.75, 3.05) is 0 Å². The van der Waals surface area contributed by atoms with Gasteiger partial charge in [-0.25, -0.2) is 0 Å². The lowest BCUT2D eigenvalue weighted by molar-refractivity contribution is 0.111. The zero-order valence-corrected chi connectivity index (χ0v) is 10.6. The Labute approximate surface area is 108 Å². The first-order valence-electron chi connectivity index (χ1n) is 5.07. The Morgan fingerprint density at radius 2 is 2.18 bits per heavy atom. The Bertz CT molecular complexity index is 514. The second kappa shape index (κ2) is 5.59. The van der Waals surface area contributed by atoms with Crippen molar-refractivity contribution in [1.29, 1.82) is 0 Å². The summed E-state index contributed by atoms with van der Waals surface area (Å²) in [6, 6.07) is 10.9. The second-order valence-corrected chi connectivity index (χ2v) is 4.33. The lowest BCUT2D eigenvalue weighted by Gasteiger charge is -2.08. The molecular weight excluding hydrogens is 282 g/mol. The minimum atomic E-state index is 0.351. The van der Waals surface area contributed by atoms with Crippen molar-refractivity contribution >= 4 is 22.2 Å². The third kappa shape index (κ3) is 3.14. The van der Waals surface area contributed by atoms with E-state index in [1.54, 1.807) is 18.3 Å². The molecule has 86 valence electrons. The summed E-state index contributed by atoms with van der Waals surface area (Å²) in [5.74, 6) is 0.564. The number of hydrogen-bond donors (Lipinski definition) is 0. The number of hydrogen-bond acceptors (Lipinski definition) is 3. The number of pyridine rings is 1. The third-order valence-corrected chi connectivity index (χ3v) is 2.69. The topological polar surface area (TPSA) is 39.2 Å². The molecule has 4 heteroatoms. The summed E-state index contributed by atoms with van der Waals surface area (Å²) in [5.41, 5.74) is 1.35. The minimum Gasteiger partial charge on any atom is -0.487 e. The lowest BCUT2D eigenvalue weighted by Crippen LogP contribution is -1.99. The van der Waals surface area contributed by atoms with Crippen LogP contribution < -0.4 is 4.74 Å². The molecule has 0 saturated heterocycles. The van der Waals surface area contributed by atoms with Gasteiger partial charge in [0, 0.05) is 10.7 Å². The highest BCUT2D eigenvalue weighted by molar-refractivity contribution is 9.10. The van der Waals surface area contributed by atoms with Crippen molar-refractivity contribution < 1.29 is 9.53 Å². The third-order valence-electron chi connectivity index (χ3n) is 2.20. The van der Waals surface area contributed by atoms with Crippen LogP contribution in [0.3, 0.4) is 0 Å². The Morgan fingerprint density at radius 3 is 2.88 bits per heavy atom. The molecule has 0 bridgehead atoms. The molecule has 0 atom stereocenters. The van der Waals surface area contributed by atoms with Gasteiger partial charge < -0.3 is 4.74 Å². The molecule has 17 heavy (non-hydrogen) atoms. The maximum atomic E-state index is 10.9. The smallest absolute Gasteiger partial charge is 0.153 e. The summed E-state index contributed by atoms with van der Waals surface area (Å²) >= 11 is 3.31. The quantitative estimate of drug-likeness (QED) is 0.812. The van der Waals surface area contributed by atoms with Gasteiger partial charge in [-0.1, -0.05) is 22.0 Å². The number of carbonyl (C=O) groups excluding carboxylic acids is 1. The highest BCUT2D eigenvalue weighted by Crippen LogP contribution is 2.22. The summed E-state index contributed by atoms with van der Waals surface area (Å²) < 4.78 is 6.41. The number of halogens is 1. The summed E-state index contributed by atoms with van der Waals surface area (Å²) in [4.78, 5) is 15.0. The average molecular weight is 292 g/mol. The molecule has 2 aromatic rings. The summed E-state index contributed by atoms with van der Waals surface area (Å²) in [6.45, 7) is 0.351. The van der Waals surface area contributed by atoms with Gasteiger partial charge in [0.25, 0.3) is 0 Å². The molecule has 0 saturated carbocycles.